The van der Waals surface area contributed by atoms with E-state index in [-0.39, 0.29) is 5.92 Å². The van der Waals surface area contributed by atoms with E-state index in [1.807, 2.05) is 42.5 Å². The monoisotopic (exact) mass is 410 g/mol. The Bertz CT molecular complexity index is 1130. The highest BCUT2D eigenvalue weighted by atomic mass is 32.2. The maximum atomic E-state index is 13.3. The van der Waals surface area contributed by atoms with Gasteiger partial charge in [0.25, 0.3) is 0 Å². The largest absolute Gasteiger partial charge is 0.241 e. The molecule has 1 atom stereocenters. The maximum Gasteiger partial charge on any atom is 0.239 e. The number of rotatable bonds is 3. The number of hydrogen-bond donors (Lipinski definition) is 0. The van der Waals surface area contributed by atoms with Gasteiger partial charge in [-0.2, -0.15) is 4.31 Å². The minimum absolute atomic E-state index is 0.178. The number of aryl methyl sites for hydroxylation is 1. The lowest BCUT2D eigenvalue weighted by molar-refractivity contribution is 0.317. The van der Waals surface area contributed by atoms with E-state index in [2.05, 4.69) is 12.1 Å². The van der Waals surface area contributed by atoms with Crippen molar-refractivity contribution in [3.8, 4) is 0 Å². The van der Waals surface area contributed by atoms with Crippen LogP contribution in [0.1, 0.15) is 41.3 Å². The van der Waals surface area contributed by atoms with Crippen LogP contribution in [0.15, 0.2) is 53.4 Å². The number of nitrogens with zero attached hydrogens (tertiary/aromatic N) is 2. The lowest BCUT2D eigenvalue weighted by Gasteiger charge is -2.32. The topological polar surface area (TPSA) is 50.3 Å². The minimum atomic E-state index is -3.43. The molecule has 0 radical (unpaired) electrons. The number of aromatic nitrogens is 1. The van der Waals surface area contributed by atoms with Crippen molar-refractivity contribution in [2.24, 2.45) is 0 Å². The Hall–Kier alpha value is -2.02. The highest BCUT2D eigenvalue weighted by molar-refractivity contribution is 7.93. The van der Waals surface area contributed by atoms with Crippen LogP contribution in [-0.4, -0.2) is 30.8 Å². The first-order valence-electron chi connectivity index (χ1n) is 9.75. The zero-order valence-electron chi connectivity index (χ0n) is 15.5. The van der Waals surface area contributed by atoms with Gasteiger partial charge in [-0.05, 0) is 55.0 Å². The Labute approximate surface area is 169 Å². The van der Waals surface area contributed by atoms with Crippen LogP contribution in [0.4, 0.5) is 0 Å². The van der Waals surface area contributed by atoms with Crippen molar-refractivity contribution >= 4 is 37.7 Å². The molecule has 0 bridgehead atoms. The number of fused-ring (bicyclic) bond motifs is 2. The summed E-state index contributed by atoms with van der Waals surface area (Å²) in [6.45, 7) is 1.13. The van der Waals surface area contributed by atoms with E-state index in [9.17, 15) is 8.42 Å². The number of thiazole rings is 1. The van der Waals surface area contributed by atoms with Crippen molar-refractivity contribution in [2.45, 2.75) is 31.6 Å². The van der Waals surface area contributed by atoms with Gasteiger partial charge < -0.3 is 0 Å². The summed E-state index contributed by atoms with van der Waals surface area (Å²) in [4.78, 5) is 5.33. The first-order chi connectivity index (χ1) is 13.6. The molecule has 28 heavy (non-hydrogen) atoms. The minimum Gasteiger partial charge on any atom is -0.241 e. The molecule has 144 valence electrons. The van der Waals surface area contributed by atoms with Crippen molar-refractivity contribution < 1.29 is 8.42 Å². The molecule has 5 rings (SSSR count). The molecule has 4 nitrogen and oxygen atoms in total. The third kappa shape index (κ3) is 3.19. The van der Waals surface area contributed by atoms with Crippen molar-refractivity contribution in [2.75, 3.05) is 13.1 Å². The highest BCUT2D eigenvalue weighted by Gasteiger charge is 2.34. The van der Waals surface area contributed by atoms with Crippen LogP contribution in [0.3, 0.4) is 0 Å². The van der Waals surface area contributed by atoms with Crippen molar-refractivity contribution in [1.82, 2.24) is 9.29 Å². The highest BCUT2D eigenvalue weighted by Crippen LogP contribution is 2.36. The van der Waals surface area contributed by atoms with E-state index in [1.165, 1.54) is 10.3 Å². The summed E-state index contributed by atoms with van der Waals surface area (Å²) in [6, 6.07) is 16.2. The lowest BCUT2D eigenvalue weighted by Crippen LogP contribution is -2.39. The van der Waals surface area contributed by atoms with Crippen LogP contribution in [0.2, 0.25) is 0 Å². The molecule has 2 heterocycles. The molecule has 0 amide bonds. The van der Waals surface area contributed by atoms with E-state index in [4.69, 9.17) is 4.98 Å². The number of piperidine rings is 1. The van der Waals surface area contributed by atoms with Gasteiger partial charge in [0.1, 0.15) is 0 Å². The molecule has 0 N–H and O–H groups in total. The van der Waals surface area contributed by atoms with Crippen LogP contribution in [0.5, 0.6) is 0 Å². The lowest BCUT2D eigenvalue weighted by atomic mass is 9.98. The van der Waals surface area contributed by atoms with Crippen LogP contribution >= 0.6 is 11.3 Å². The first-order valence-corrected chi connectivity index (χ1v) is 12.0. The second-order valence-electron chi connectivity index (χ2n) is 7.53. The SMILES string of the molecule is O=S(=O)(C1=Cc2ccccc2CC1)N1CCCC(c2nc3ccccc3s2)C1. The molecule has 0 saturated carbocycles. The van der Waals surface area contributed by atoms with E-state index >= 15 is 0 Å². The van der Waals surface area contributed by atoms with Gasteiger partial charge in [-0.25, -0.2) is 13.4 Å². The second kappa shape index (κ2) is 7.10. The molecule has 0 spiro atoms. The summed E-state index contributed by atoms with van der Waals surface area (Å²) in [6.07, 6.45) is 5.12. The van der Waals surface area contributed by atoms with Gasteiger partial charge in [-0.3, -0.25) is 0 Å². The molecular weight excluding hydrogens is 388 g/mol. The molecule has 2 aromatic carbocycles. The quantitative estimate of drug-likeness (QED) is 0.624. The Morgan fingerprint density at radius 2 is 1.86 bits per heavy atom. The van der Waals surface area contributed by atoms with E-state index in [1.54, 1.807) is 15.6 Å². The Morgan fingerprint density at radius 3 is 2.75 bits per heavy atom. The molecule has 1 aliphatic carbocycles. The Balaban J connectivity index is 1.42. The molecule has 1 saturated heterocycles. The van der Waals surface area contributed by atoms with Gasteiger partial charge in [-0.15, -0.1) is 11.3 Å². The molecule has 1 unspecified atom stereocenters. The number of para-hydroxylation sites is 1. The van der Waals surface area contributed by atoms with E-state index in [0.717, 1.165) is 35.4 Å². The fraction of sp³-hybridized carbons (Fsp3) is 0.318. The summed E-state index contributed by atoms with van der Waals surface area (Å²) in [5, 5.41) is 1.06. The maximum absolute atomic E-state index is 13.3. The van der Waals surface area contributed by atoms with Crippen LogP contribution < -0.4 is 0 Å². The van der Waals surface area contributed by atoms with E-state index < -0.39 is 10.0 Å². The van der Waals surface area contributed by atoms with Crippen LogP contribution in [-0.2, 0) is 16.4 Å². The zero-order valence-corrected chi connectivity index (χ0v) is 17.2. The Morgan fingerprint density at radius 1 is 1.04 bits per heavy atom. The third-order valence-electron chi connectivity index (χ3n) is 5.73. The first kappa shape index (κ1) is 18.0. The number of sulfonamides is 1. The molecular formula is C22H22N2O2S2. The summed E-state index contributed by atoms with van der Waals surface area (Å²) in [5.41, 5.74) is 3.27. The predicted octanol–water partition coefficient (Wildman–Crippen LogP) is 4.79. The standard InChI is InChI=1S/C22H22N2O2S2/c25-28(26,19-12-11-16-6-1-2-7-17(16)14-19)24-13-5-8-18(15-24)22-23-20-9-3-4-10-21(20)27-22/h1-4,6-7,9-10,14,18H,5,8,11-13,15H2. The molecule has 1 fully saturated rings. The van der Waals surface area contributed by atoms with Gasteiger partial charge in [-0.1, -0.05) is 36.4 Å². The fourth-order valence-electron chi connectivity index (χ4n) is 4.20. The zero-order chi connectivity index (χ0) is 19.1. The number of benzene rings is 2. The van der Waals surface area contributed by atoms with Gasteiger partial charge in [0.05, 0.1) is 20.1 Å². The van der Waals surface area contributed by atoms with Gasteiger partial charge in [0.2, 0.25) is 10.0 Å². The molecule has 1 aliphatic heterocycles. The summed E-state index contributed by atoms with van der Waals surface area (Å²) in [5.74, 6) is 0.178. The van der Waals surface area contributed by atoms with Crippen molar-refractivity contribution in [3.63, 3.8) is 0 Å². The van der Waals surface area contributed by atoms with Gasteiger partial charge in [0.15, 0.2) is 0 Å². The average molecular weight is 411 g/mol. The van der Waals surface area contributed by atoms with Crippen molar-refractivity contribution in [3.05, 3.63) is 69.6 Å². The van der Waals surface area contributed by atoms with E-state index in [0.29, 0.717) is 24.4 Å². The number of allylic oxidation sites excluding steroid dienone is 1. The molecule has 2 aliphatic rings. The summed E-state index contributed by atoms with van der Waals surface area (Å²) < 4.78 is 29.5. The third-order valence-corrected chi connectivity index (χ3v) is 8.92. The summed E-state index contributed by atoms with van der Waals surface area (Å²) >= 11 is 1.70. The predicted molar refractivity (Wildman–Crippen MR) is 115 cm³/mol. The second-order valence-corrected chi connectivity index (χ2v) is 10.6. The van der Waals surface area contributed by atoms with Gasteiger partial charge in [0, 0.05) is 19.0 Å². The molecule has 6 heteroatoms. The normalized spacial score (nSPS) is 20.7. The van der Waals surface area contributed by atoms with Crippen LogP contribution in [0.25, 0.3) is 16.3 Å². The molecule has 1 aromatic heterocycles. The smallest absolute Gasteiger partial charge is 0.239 e. The Kier molecular flexibility index (Phi) is 4.57. The van der Waals surface area contributed by atoms with Crippen LogP contribution in [0, 0.1) is 0 Å². The van der Waals surface area contributed by atoms with Crippen molar-refractivity contribution in [1.29, 1.82) is 0 Å². The molecule has 3 aromatic rings. The fourth-order valence-corrected chi connectivity index (χ4v) is 7.01. The van der Waals surface area contributed by atoms with Gasteiger partial charge >= 0.3 is 0 Å². The number of hydrogen-bond acceptors (Lipinski definition) is 4. The summed E-state index contributed by atoms with van der Waals surface area (Å²) in [7, 11) is -3.43. The average Bonchev–Trinajstić information content (AvgIpc) is 3.18.